The maximum Gasteiger partial charge on any atom is 0.339 e. The number of carbonyl (C=O) groups is 4. The Morgan fingerprint density at radius 1 is 0.891 bits per heavy atom. The van der Waals surface area contributed by atoms with Gasteiger partial charge < -0.3 is 26.2 Å². The smallest absolute Gasteiger partial charge is 0.339 e. The fourth-order valence-corrected chi connectivity index (χ4v) is 5.15. The monoisotopic (exact) mass is 640 g/mol. The average Bonchev–Trinajstić information content (AvgIpc) is 3.04. The van der Waals surface area contributed by atoms with Crippen LogP contribution < -0.4 is 16.0 Å². The summed E-state index contributed by atoms with van der Waals surface area (Å²) in [5, 5.41) is 37.5. The maximum atomic E-state index is 13.4. The van der Waals surface area contributed by atoms with Crippen LogP contribution in [-0.4, -0.2) is 44.1 Å². The number of rotatable bonds is 12. The van der Waals surface area contributed by atoms with Crippen molar-refractivity contribution in [3.63, 3.8) is 0 Å². The number of aromatic hydroxyl groups is 1. The van der Waals surface area contributed by atoms with Crippen molar-refractivity contribution in [3.05, 3.63) is 130 Å². The largest absolute Gasteiger partial charge is 0.507 e. The average molecular weight is 641 g/mol. The zero-order valence-electron chi connectivity index (χ0n) is 24.3. The van der Waals surface area contributed by atoms with Gasteiger partial charge in [0.25, 0.3) is 17.5 Å². The van der Waals surface area contributed by atoms with Gasteiger partial charge in [-0.1, -0.05) is 31.2 Å². The summed E-state index contributed by atoms with van der Waals surface area (Å²) in [4.78, 5) is 61.8. The highest BCUT2D eigenvalue weighted by Gasteiger charge is 2.21. The van der Waals surface area contributed by atoms with Gasteiger partial charge in [-0.3, -0.25) is 24.5 Å². The van der Waals surface area contributed by atoms with E-state index >= 15 is 0 Å². The first-order valence-electron chi connectivity index (χ1n) is 13.8. The number of hydrogen-bond donors (Lipinski definition) is 5. The minimum Gasteiger partial charge on any atom is -0.507 e. The van der Waals surface area contributed by atoms with Crippen LogP contribution in [0.4, 0.5) is 17.1 Å². The second kappa shape index (κ2) is 15.2. The molecule has 0 fully saturated rings. The molecule has 12 nitrogen and oxygen atoms in total. The van der Waals surface area contributed by atoms with Crippen LogP contribution in [0.5, 0.6) is 5.75 Å². The number of thioether (sulfide) groups is 1. The lowest BCUT2D eigenvalue weighted by molar-refractivity contribution is -0.384. The highest BCUT2D eigenvalue weighted by atomic mass is 32.2. The predicted molar refractivity (Wildman–Crippen MR) is 174 cm³/mol. The van der Waals surface area contributed by atoms with Crippen LogP contribution in [0.15, 0.2) is 108 Å². The SMILES string of the molecule is CCC(Sc1cccc(NC(=O)/C(=C\c2ccc([N+](=O)[O-])cc2)NC(=O)c2ccccc2)c1)C(=O)Nc1ccc(O)c(C(=O)O)c1. The molecule has 0 aromatic heterocycles. The second-order valence-corrected chi connectivity index (χ2v) is 11.0. The number of aromatic carboxylic acids is 1. The highest BCUT2D eigenvalue weighted by Crippen LogP contribution is 2.29. The van der Waals surface area contributed by atoms with Gasteiger partial charge in [0, 0.05) is 34.0 Å². The van der Waals surface area contributed by atoms with Gasteiger partial charge in [0.2, 0.25) is 5.91 Å². The van der Waals surface area contributed by atoms with E-state index in [1.807, 2.05) is 6.92 Å². The standard InChI is InChI=1S/C33H28N4O8S/c1-2-29(32(41)35-23-13-16-28(38)26(19-23)33(42)43)46-25-10-6-9-22(18-25)34-31(40)27(36-30(39)21-7-4-3-5-8-21)17-20-11-14-24(15-12-20)37(44)45/h3-19,29,38H,2H2,1H3,(H,34,40)(H,35,41)(H,36,39)(H,42,43)/b27-17+. The van der Waals surface area contributed by atoms with Crippen molar-refractivity contribution in [2.24, 2.45) is 0 Å². The number of benzene rings is 4. The molecular weight excluding hydrogens is 612 g/mol. The Bertz CT molecular complexity index is 1810. The molecule has 0 aliphatic carbocycles. The topological polar surface area (TPSA) is 188 Å². The van der Waals surface area contributed by atoms with Crippen molar-refractivity contribution in [2.45, 2.75) is 23.5 Å². The second-order valence-electron chi connectivity index (χ2n) is 9.75. The number of nitrogens with zero attached hydrogens (tertiary/aromatic N) is 1. The number of nitrogens with one attached hydrogen (secondary N) is 3. The van der Waals surface area contributed by atoms with Crippen LogP contribution >= 0.6 is 11.8 Å². The molecule has 13 heteroatoms. The number of nitro groups is 1. The van der Waals surface area contributed by atoms with E-state index in [1.165, 1.54) is 60.3 Å². The Kier molecular flexibility index (Phi) is 10.9. The fourth-order valence-electron chi connectivity index (χ4n) is 4.14. The van der Waals surface area contributed by atoms with E-state index in [4.69, 9.17) is 0 Å². The zero-order valence-corrected chi connectivity index (χ0v) is 25.1. The van der Waals surface area contributed by atoms with Gasteiger partial charge >= 0.3 is 5.97 Å². The molecule has 4 aromatic carbocycles. The van der Waals surface area contributed by atoms with E-state index in [9.17, 15) is 39.5 Å². The lowest BCUT2D eigenvalue weighted by atomic mass is 10.1. The van der Waals surface area contributed by atoms with Crippen LogP contribution in [0, 0.1) is 10.1 Å². The van der Waals surface area contributed by atoms with Crippen LogP contribution in [0.1, 0.15) is 39.6 Å². The number of nitro benzene ring substituents is 1. The molecule has 4 aromatic rings. The van der Waals surface area contributed by atoms with Gasteiger partial charge in [-0.2, -0.15) is 0 Å². The predicted octanol–water partition coefficient (Wildman–Crippen LogP) is 5.92. The molecular formula is C33H28N4O8S. The van der Waals surface area contributed by atoms with Crippen LogP contribution in [0.25, 0.3) is 6.08 Å². The molecule has 0 saturated heterocycles. The van der Waals surface area contributed by atoms with E-state index in [0.717, 1.165) is 0 Å². The number of phenols is 1. The van der Waals surface area contributed by atoms with Crippen molar-refractivity contribution < 1.29 is 34.3 Å². The van der Waals surface area contributed by atoms with E-state index in [-0.39, 0.29) is 28.5 Å². The first kappa shape index (κ1) is 33.0. The number of carbonyl (C=O) groups excluding carboxylic acids is 3. The summed E-state index contributed by atoms with van der Waals surface area (Å²) in [6.07, 6.45) is 1.82. The summed E-state index contributed by atoms with van der Waals surface area (Å²) in [6.45, 7) is 1.81. The number of amides is 3. The molecule has 1 unspecified atom stereocenters. The van der Waals surface area contributed by atoms with Gasteiger partial charge in [0.1, 0.15) is 17.0 Å². The first-order chi connectivity index (χ1) is 22.0. The van der Waals surface area contributed by atoms with Gasteiger partial charge in [0.15, 0.2) is 0 Å². The maximum absolute atomic E-state index is 13.4. The van der Waals surface area contributed by atoms with E-state index in [2.05, 4.69) is 16.0 Å². The zero-order chi connectivity index (χ0) is 33.2. The number of carboxylic acid groups (broad SMARTS) is 1. The fraction of sp³-hybridized carbons (Fsp3) is 0.0909. The Hall–Kier alpha value is -5.95. The number of non-ortho nitro benzene ring substituents is 1. The minimum atomic E-state index is -1.33. The van der Waals surface area contributed by atoms with Gasteiger partial charge in [-0.25, -0.2) is 4.79 Å². The van der Waals surface area contributed by atoms with Gasteiger partial charge in [0.05, 0.1) is 10.2 Å². The number of carboxylic acids is 1. The van der Waals surface area contributed by atoms with Crippen molar-refractivity contribution in [3.8, 4) is 5.75 Å². The lowest BCUT2D eigenvalue weighted by Crippen LogP contribution is -2.30. The molecule has 0 aliphatic heterocycles. The molecule has 46 heavy (non-hydrogen) atoms. The first-order valence-corrected chi connectivity index (χ1v) is 14.7. The van der Waals surface area contributed by atoms with E-state index < -0.39 is 33.7 Å². The summed E-state index contributed by atoms with van der Waals surface area (Å²) in [6, 6.07) is 24.2. The molecule has 1 atom stereocenters. The summed E-state index contributed by atoms with van der Waals surface area (Å²) >= 11 is 1.23. The van der Waals surface area contributed by atoms with Crippen molar-refractivity contribution in [2.75, 3.05) is 10.6 Å². The van der Waals surface area contributed by atoms with Crippen LogP contribution in [-0.2, 0) is 9.59 Å². The molecule has 0 heterocycles. The third kappa shape index (κ3) is 8.80. The molecule has 0 spiro atoms. The molecule has 4 rings (SSSR count). The molecule has 234 valence electrons. The number of hydrogen-bond acceptors (Lipinski definition) is 8. The third-order valence-electron chi connectivity index (χ3n) is 6.47. The molecule has 0 aliphatic rings. The molecule has 0 radical (unpaired) electrons. The molecule has 0 bridgehead atoms. The molecule has 0 saturated carbocycles. The highest BCUT2D eigenvalue weighted by molar-refractivity contribution is 8.00. The Labute approximate surface area is 267 Å². The van der Waals surface area contributed by atoms with Crippen molar-refractivity contribution >= 4 is 58.6 Å². The molecule has 5 N–H and O–H groups in total. The number of anilines is 2. The Morgan fingerprint density at radius 3 is 2.24 bits per heavy atom. The van der Waals surface area contributed by atoms with E-state index in [0.29, 0.717) is 28.1 Å². The van der Waals surface area contributed by atoms with Crippen molar-refractivity contribution in [1.82, 2.24) is 5.32 Å². The normalized spacial score (nSPS) is 11.6. The van der Waals surface area contributed by atoms with E-state index in [1.54, 1.807) is 54.6 Å². The summed E-state index contributed by atoms with van der Waals surface area (Å²) in [5.74, 6) is -3.33. The summed E-state index contributed by atoms with van der Waals surface area (Å²) in [5.41, 5.74) is 0.764. The quantitative estimate of drug-likeness (QED) is 0.0412. The summed E-state index contributed by atoms with van der Waals surface area (Å²) < 4.78 is 0. The third-order valence-corrected chi connectivity index (χ3v) is 7.83. The lowest BCUT2D eigenvalue weighted by Gasteiger charge is -2.16. The van der Waals surface area contributed by atoms with Crippen molar-refractivity contribution in [1.29, 1.82) is 0 Å². The van der Waals surface area contributed by atoms with Crippen LogP contribution in [0.3, 0.4) is 0 Å². The Balaban J connectivity index is 1.51. The van der Waals surface area contributed by atoms with Crippen LogP contribution in [0.2, 0.25) is 0 Å². The minimum absolute atomic E-state index is 0.110. The Morgan fingerprint density at radius 2 is 1.59 bits per heavy atom. The van der Waals surface area contributed by atoms with Gasteiger partial charge in [-0.05, 0) is 78.7 Å². The molecule has 3 amide bonds. The van der Waals surface area contributed by atoms with Gasteiger partial charge in [-0.15, -0.1) is 11.8 Å². The summed E-state index contributed by atoms with van der Waals surface area (Å²) in [7, 11) is 0.